The van der Waals surface area contributed by atoms with Crippen molar-refractivity contribution in [1.82, 2.24) is 16.0 Å². The van der Waals surface area contributed by atoms with Crippen LogP contribution in [0.1, 0.15) is 48.0 Å². The Hall–Kier alpha value is -2.16. The second-order valence-corrected chi connectivity index (χ2v) is 6.96. The lowest BCUT2D eigenvalue weighted by atomic mass is 9.97. The van der Waals surface area contributed by atoms with Crippen LogP contribution in [0.3, 0.4) is 0 Å². The van der Waals surface area contributed by atoms with Gasteiger partial charge in [0.15, 0.2) is 0 Å². The highest BCUT2D eigenvalue weighted by Crippen LogP contribution is 2.10. The molecule has 26 heavy (non-hydrogen) atoms. The lowest BCUT2D eigenvalue weighted by Crippen LogP contribution is -2.58. The lowest BCUT2D eigenvalue weighted by Gasteiger charge is -2.27. The number of carboxylic acids is 1. The molecular formula is C17H32N4O5. The molecule has 150 valence electrons. The Morgan fingerprint density at radius 1 is 0.846 bits per heavy atom. The summed E-state index contributed by atoms with van der Waals surface area (Å²) in [5.74, 6) is -3.28. The summed E-state index contributed by atoms with van der Waals surface area (Å²) in [6.45, 7) is 9.99. The van der Waals surface area contributed by atoms with Crippen molar-refractivity contribution in [2.24, 2.45) is 17.6 Å². The maximum absolute atomic E-state index is 12.5. The predicted molar refractivity (Wildman–Crippen MR) is 97.0 cm³/mol. The molecule has 9 heteroatoms. The van der Waals surface area contributed by atoms with Crippen molar-refractivity contribution in [3.8, 4) is 0 Å². The minimum Gasteiger partial charge on any atom is -0.480 e. The summed E-state index contributed by atoms with van der Waals surface area (Å²) < 4.78 is 0. The Morgan fingerprint density at radius 3 is 1.73 bits per heavy atom. The summed E-state index contributed by atoms with van der Waals surface area (Å²) in [6, 6.07) is -3.61. The number of nitrogens with one attached hydrogen (secondary N) is 3. The van der Waals surface area contributed by atoms with E-state index in [9.17, 15) is 24.3 Å². The largest absolute Gasteiger partial charge is 0.480 e. The summed E-state index contributed by atoms with van der Waals surface area (Å²) >= 11 is 0. The molecule has 0 heterocycles. The molecule has 0 radical (unpaired) electrons. The second kappa shape index (κ2) is 10.7. The smallest absolute Gasteiger partial charge is 0.326 e. The number of aliphatic carboxylic acids is 1. The fourth-order valence-corrected chi connectivity index (χ4v) is 2.15. The molecule has 0 aromatic rings. The van der Waals surface area contributed by atoms with Gasteiger partial charge in [-0.25, -0.2) is 4.79 Å². The lowest BCUT2D eigenvalue weighted by molar-refractivity contribution is -0.144. The van der Waals surface area contributed by atoms with Crippen molar-refractivity contribution < 1.29 is 24.3 Å². The van der Waals surface area contributed by atoms with Crippen LogP contribution in [0.15, 0.2) is 0 Å². The minimum atomic E-state index is -1.13. The van der Waals surface area contributed by atoms with Crippen LogP contribution in [0.5, 0.6) is 0 Å². The molecule has 5 atom stereocenters. The van der Waals surface area contributed by atoms with E-state index in [2.05, 4.69) is 16.0 Å². The Morgan fingerprint density at radius 2 is 1.35 bits per heavy atom. The van der Waals surface area contributed by atoms with Crippen molar-refractivity contribution >= 4 is 23.7 Å². The third kappa shape index (κ3) is 7.38. The Labute approximate surface area is 154 Å². The van der Waals surface area contributed by atoms with Crippen molar-refractivity contribution in [2.45, 2.75) is 72.1 Å². The van der Waals surface area contributed by atoms with Gasteiger partial charge in [0.1, 0.15) is 18.1 Å². The van der Waals surface area contributed by atoms with E-state index in [1.165, 1.54) is 13.8 Å². The molecule has 0 aromatic carbocycles. The van der Waals surface area contributed by atoms with Gasteiger partial charge in [0.2, 0.25) is 17.7 Å². The zero-order valence-corrected chi connectivity index (χ0v) is 16.3. The first-order chi connectivity index (χ1) is 11.9. The number of hydrogen-bond donors (Lipinski definition) is 5. The fourth-order valence-electron chi connectivity index (χ4n) is 2.15. The van der Waals surface area contributed by atoms with E-state index in [-0.39, 0.29) is 11.8 Å². The average molecular weight is 372 g/mol. The monoisotopic (exact) mass is 372 g/mol. The van der Waals surface area contributed by atoms with Gasteiger partial charge < -0.3 is 26.8 Å². The van der Waals surface area contributed by atoms with E-state index in [4.69, 9.17) is 5.73 Å². The van der Waals surface area contributed by atoms with Crippen LogP contribution in [0.4, 0.5) is 0 Å². The highest BCUT2D eigenvalue weighted by molar-refractivity contribution is 5.93. The number of rotatable bonds is 10. The molecule has 0 spiro atoms. The molecule has 0 bridgehead atoms. The molecule has 9 nitrogen and oxygen atoms in total. The number of nitrogens with two attached hydrogens (primary N) is 1. The van der Waals surface area contributed by atoms with Gasteiger partial charge in [-0.15, -0.1) is 0 Å². The van der Waals surface area contributed by atoms with E-state index in [0.29, 0.717) is 6.42 Å². The fraction of sp³-hybridized carbons (Fsp3) is 0.765. The Bertz CT molecular complexity index is 521. The van der Waals surface area contributed by atoms with Crippen molar-refractivity contribution in [1.29, 1.82) is 0 Å². The molecule has 0 aliphatic carbocycles. The maximum Gasteiger partial charge on any atom is 0.326 e. The van der Waals surface area contributed by atoms with Crippen molar-refractivity contribution in [2.75, 3.05) is 0 Å². The van der Waals surface area contributed by atoms with Gasteiger partial charge in [-0.2, -0.15) is 0 Å². The number of amides is 3. The van der Waals surface area contributed by atoms with Gasteiger partial charge in [-0.05, 0) is 25.7 Å². The molecule has 6 N–H and O–H groups in total. The van der Waals surface area contributed by atoms with Crippen LogP contribution in [0.25, 0.3) is 0 Å². The number of carbonyl (C=O) groups excluding carboxylic acids is 3. The third-order valence-electron chi connectivity index (χ3n) is 4.19. The van der Waals surface area contributed by atoms with Gasteiger partial charge in [0.05, 0.1) is 6.04 Å². The van der Waals surface area contributed by atoms with E-state index in [0.717, 1.165) is 0 Å². The second-order valence-electron chi connectivity index (χ2n) is 6.96. The van der Waals surface area contributed by atoms with E-state index in [1.807, 2.05) is 6.92 Å². The number of hydrogen-bond acceptors (Lipinski definition) is 5. The molecule has 0 saturated heterocycles. The third-order valence-corrected chi connectivity index (χ3v) is 4.19. The molecule has 0 aromatic heterocycles. The zero-order chi connectivity index (χ0) is 20.6. The first-order valence-electron chi connectivity index (χ1n) is 8.81. The highest BCUT2D eigenvalue weighted by Gasteiger charge is 2.32. The van der Waals surface area contributed by atoms with Crippen LogP contribution >= 0.6 is 0 Å². The van der Waals surface area contributed by atoms with E-state index in [1.54, 1.807) is 20.8 Å². The number of carboxylic acid groups (broad SMARTS) is 1. The minimum absolute atomic E-state index is 0.260. The van der Waals surface area contributed by atoms with Gasteiger partial charge in [-0.3, -0.25) is 14.4 Å². The average Bonchev–Trinajstić information content (AvgIpc) is 2.55. The summed E-state index contributed by atoms with van der Waals surface area (Å²) in [6.07, 6.45) is 0.580. The van der Waals surface area contributed by atoms with Gasteiger partial charge in [0.25, 0.3) is 0 Å². The van der Waals surface area contributed by atoms with Gasteiger partial charge in [0, 0.05) is 0 Å². The first kappa shape index (κ1) is 23.8. The van der Waals surface area contributed by atoms with Crippen LogP contribution in [-0.2, 0) is 19.2 Å². The first-order valence-corrected chi connectivity index (χ1v) is 8.81. The van der Waals surface area contributed by atoms with Crippen molar-refractivity contribution in [3.05, 3.63) is 0 Å². The van der Waals surface area contributed by atoms with Crippen LogP contribution in [0.2, 0.25) is 0 Å². The zero-order valence-electron chi connectivity index (χ0n) is 16.3. The standard InChI is InChI=1S/C17H32N4O5/c1-7-9(4)13(17(25)26)21-16(24)12(8(2)3)20-15(23)11(6)19-14(22)10(5)18/h8-13H,7,18H2,1-6H3,(H,19,22)(H,20,23)(H,21,24)(H,25,26). The Balaban J connectivity index is 5.06. The molecular weight excluding hydrogens is 340 g/mol. The summed E-state index contributed by atoms with van der Waals surface area (Å²) in [5.41, 5.74) is 5.44. The Kier molecular flexibility index (Phi) is 9.85. The normalized spacial score (nSPS) is 16.8. The van der Waals surface area contributed by atoms with E-state index < -0.39 is 47.9 Å². The van der Waals surface area contributed by atoms with E-state index >= 15 is 0 Å². The summed E-state index contributed by atoms with van der Waals surface area (Å²) in [5, 5.41) is 16.8. The summed E-state index contributed by atoms with van der Waals surface area (Å²) in [4.78, 5) is 47.7. The molecule has 0 saturated carbocycles. The van der Waals surface area contributed by atoms with Crippen LogP contribution in [-0.4, -0.2) is 53.0 Å². The van der Waals surface area contributed by atoms with Crippen LogP contribution in [0, 0.1) is 11.8 Å². The van der Waals surface area contributed by atoms with Gasteiger partial charge in [-0.1, -0.05) is 34.1 Å². The molecule has 0 rings (SSSR count). The molecule has 0 aliphatic rings. The molecule has 0 fully saturated rings. The quantitative estimate of drug-likeness (QED) is 0.352. The SMILES string of the molecule is CCC(C)C(NC(=O)C(NC(=O)C(C)NC(=O)C(C)N)C(C)C)C(=O)O. The van der Waals surface area contributed by atoms with Gasteiger partial charge >= 0.3 is 5.97 Å². The predicted octanol–water partition coefficient (Wildman–Crippen LogP) is -0.405. The highest BCUT2D eigenvalue weighted by atomic mass is 16.4. The molecule has 5 unspecified atom stereocenters. The maximum atomic E-state index is 12.5. The number of carbonyl (C=O) groups is 4. The molecule has 0 aliphatic heterocycles. The van der Waals surface area contributed by atoms with Crippen molar-refractivity contribution in [3.63, 3.8) is 0 Å². The summed E-state index contributed by atoms with van der Waals surface area (Å²) in [7, 11) is 0. The topological polar surface area (TPSA) is 151 Å². The van der Waals surface area contributed by atoms with Crippen LogP contribution < -0.4 is 21.7 Å². The molecule has 3 amide bonds.